The Labute approximate surface area is 128 Å². The third kappa shape index (κ3) is 5.16. The minimum Gasteiger partial charge on any atom is -0.358 e. The van der Waals surface area contributed by atoms with Gasteiger partial charge >= 0.3 is 0 Å². The Morgan fingerprint density at radius 1 is 1.14 bits per heavy atom. The van der Waals surface area contributed by atoms with Crippen LogP contribution in [0.3, 0.4) is 0 Å². The fourth-order valence-electron chi connectivity index (χ4n) is 1.73. The van der Waals surface area contributed by atoms with Crippen LogP contribution in [0.5, 0.6) is 0 Å². The second-order valence-corrected chi connectivity index (χ2v) is 5.09. The summed E-state index contributed by atoms with van der Waals surface area (Å²) in [5.41, 5.74) is 0.256. The quantitative estimate of drug-likeness (QED) is 0.713. The third-order valence-electron chi connectivity index (χ3n) is 3.04. The predicted molar refractivity (Wildman–Crippen MR) is 79.6 cm³/mol. The molecule has 0 saturated carbocycles. The molecule has 0 radical (unpaired) electrons. The first kappa shape index (κ1) is 17.6. The Hall–Kier alpha value is -2.44. The van der Waals surface area contributed by atoms with E-state index in [1.807, 2.05) is 0 Å². The number of halogens is 1. The number of hydrogen-bond donors (Lipinski definition) is 3. The Bertz CT molecular complexity index is 543. The summed E-state index contributed by atoms with van der Waals surface area (Å²) in [7, 11) is 1.46. The SMILES string of the molecule is CNC(=O)CNC(=O)C(NC(=O)c1ccc(F)cc1)C(C)C. The first-order valence-corrected chi connectivity index (χ1v) is 6.90. The van der Waals surface area contributed by atoms with Gasteiger partial charge in [0.1, 0.15) is 11.9 Å². The van der Waals surface area contributed by atoms with Crippen LogP contribution in [0.4, 0.5) is 4.39 Å². The number of hydrogen-bond acceptors (Lipinski definition) is 3. The molecule has 3 amide bonds. The molecule has 1 unspecified atom stereocenters. The molecule has 0 heterocycles. The van der Waals surface area contributed by atoms with Crippen LogP contribution in [-0.2, 0) is 9.59 Å². The summed E-state index contributed by atoms with van der Waals surface area (Å²) in [4.78, 5) is 35.3. The summed E-state index contributed by atoms with van der Waals surface area (Å²) in [6, 6.07) is 4.23. The smallest absolute Gasteiger partial charge is 0.251 e. The number of rotatable bonds is 6. The fourth-order valence-corrected chi connectivity index (χ4v) is 1.73. The van der Waals surface area contributed by atoms with E-state index in [0.717, 1.165) is 0 Å². The van der Waals surface area contributed by atoms with Gasteiger partial charge in [-0.15, -0.1) is 0 Å². The number of nitrogens with one attached hydrogen (secondary N) is 3. The molecule has 0 fully saturated rings. The second kappa shape index (κ2) is 8.11. The molecule has 120 valence electrons. The van der Waals surface area contributed by atoms with Gasteiger partial charge in [0.25, 0.3) is 5.91 Å². The zero-order valence-electron chi connectivity index (χ0n) is 12.8. The lowest BCUT2D eigenvalue weighted by atomic mass is 10.0. The van der Waals surface area contributed by atoms with Gasteiger partial charge in [-0.05, 0) is 30.2 Å². The number of benzene rings is 1. The van der Waals surface area contributed by atoms with Crippen molar-refractivity contribution in [3.05, 3.63) is 35.6 Å². The van der Waals surface area contributed by atoms with Crippen LogP contribution in [0, 0.1) is 11.7 Å². The summed E-state index contributed by atoms with van der Waals surface area (Å²) in [5.74, 6) is -1.88. The first-order chi connectivity index (χ1) is 10.3. The molecule has 1 aromatic rings. The van der Waals surface area contributed by atoms with E-state index in [0.29, 0.717) is 0 Å². The van der Waals surface area contributed by atoms with Crippen LogP contribution in [0.25, 0.3) is 0 Å². The maximum Gasteiger partial charge on any atom is 0.251 e. The van der Waals surface area contributed by atoms with Crippen LogP contribution < -0.4 is 16.0 Å². The number of carbonyl (C=O) groups excluding carboxylic acids is 3. The molecule has 0 aromatic heterocycles. The zero-order chi connectivity index (χ0) is 16.7. The van der Waals surface area contributed by atoms with E-state index in [4.69, 9.17) is 0 Å². The minimum atomic E-state index is -0.790. The maximum absolute atomic E-state index is 12.8. The van der Waals surface area contributed by atoms with Crippen molar-refractivity contribution in [3.63, 3.8) is 0 Å². The molecular weight excluding hydrogens is 289 g/mol. The van der Waals surface area contributed by atoms with Gasteiger partial charge in [-0.25, -0.2) is 4.39 Å². The topological polar surface area (TPSA) is 87.3 Å². The average Bonchev–Trinajstić information content (AvgIpc) is 2.49. The van der Waals surface area contributed by atoms with Crippen molar-refractivity contribution in [2.24, 2.45) is 5.92 Å². The molecule has 1 rings (SSSR count). The van der Waals surface area contributed by atoms with Crippen LogP contribution in [-0.4, -0.2) is 37.4 Å². The van der Waals surface area contributed by atoms with Crippen molar-refractivity contribution in [2.75, 3.05) is 13.6 Å². The molecular formula is C15H20FN3O3. The van der Waals surface area contributed by atoms with Gasteiger partial charge < -0.3 is 16.0 Å². The lowest BCUT2D eigenvalue weighted by molar-refractivity contribution is -0.127. The first-order valence-electron chi connectivity index (χ1n) is 6.90. The molecule has 1 atom stereocenters. The van der Waals surface area contributed by atoms with Gasteiger partial charge in [-0.1, -0.05) is 13.8 Å². The molecule has 7 heteroatoms. The van der Waals surface area contributed by atoms with Crippen LogP contribution >= 0.6 is 0 Å². The van der Waals surface area contributed by atoms with Crippen molar-refractivity contribution in [2.45, 2.75) is 19.9 Å². The molecule has 0 aliphatic heterocycles. The maximum atomic E-state index is 12.8. The van der Waals surface area contributed by atoms with E-state index >= 15 is 0 Å². The third-order valence-corrected chi connectivity index (χ3v) is 3.04. The van der Waals surface area contributed by atoms with Crippen molar-refractivity contribution in [3.8, 4) is 0 Å². The molecule has 6 nitrogen and oxygen atoms in total. The van der Waals surface area contributed by atoms with E-state index in [1.54, 1.807) is 13.8 Å². The van der Waals surface area contributed by atoms with E-state index in [2.05, 4.69) is 16.0 Å². The van der Waals surface area contributed by atoms with E-state index in [9.17, 15) is 18.8 Å². The fraction of sp³-hybridized carbons (Fsp3) is 0.400. The van der Waals surface area contributed by atoms with Gasteiger partial charge in [0.05, 0.1) is 6.54 Å². The Kier molecular flexibility index (Phi) is 6.49. The largest absolute Gasteiger partial charge is 0.358 e. The Balaban J connectivity index is 2.71. The van der Waals surface area contributed by atoms with Crippen molar-refractivity contribution < 1.29 is 18.8 Å². The zero-order valence-corrected chi connectivity index (χ0v) is 12.8. The lowest BCUT2D eigenvalue weighted by Crippen LogP contribution is -2.51. The van der Waals surface area contributed by atoms with Crippen molar-refractivity contribution in [1.82, 2.24) is 16.0 Å². The van der Waals surface area contributed by atoms with Gasteiger partial charge in [0.15, 0.2) is 0 Å². The molecule has 1 aromatic carbocycles. The average molecular weight is 309 g/mol. The molecule has 0 aliphatic carbocycles. The summed E-state index contributed by atoms with van der Waals surface area (Å²) < 4.78 is 12.8. The Morgan fingerprint density at radius 3 is 2.23 bits per heavy atom. The molecule has 0 aliphatic rings. The highest BCUT2D eigenvalue weighted by Crippen LogP contribution is 2.06. The van der Waals surface area contributed by atoms with Gasteiger partial charge in [0, 0.05) is 12.6 Å². The highest BCUT2D eigenvalue weighted by Gasteiger charge is 2.24. The van der Waals surface area contributed by atoms with E-state index in [-0.39, 0.29) is 23.9 Å². The molecule has 3 N–H and O–H groups in total. The normalized spacial score (nSPS) is 11.7. The van der Waals surface area contributed by atoms with Crippen LogP contribution in [0.15, 0.2) is 24.3 Å². The molecule has 0 spiro atoms. The molecule has 0 bridgehead atoms. The van der Waals surface area contributed by atoms with Crippen molar-refractivity contribution >= 4 is 17.7 Å². The molecule has 22 heavy (non-hydrogen) atoms. The van der Waals surface area contributed by atoms with Crippen LogP contribution in [0.2, 0.25) is 0 Å². The highest BCUT2D eigenvalue weighted by atomic mass is 19.1. The standard InChI is InChI=1S/C15H20FN3O3/c1-9(2)13(15(22)18-8-12(20)17-3)19-14(21)10-4-6-11(16)7-5-10/h4-7,9,13H,8H2,1-3H3,(H,17,20)(H,18,22)(H,19,21). The monoisotopic (exact) mass is 309 g/mol. The second-order valence-electron chi connectivity index (χ2n) is 5.09. The summed E-state index contributed by atoms with van der Waals surface area (Å²) >= 11 is 0. The number of carbonyl (C=O) groups is 3. The van der Waals surface area contributed by atoms with Gasteiger partial charge in [-0.3, -0.25) is 14.4 Å². The van der Waals surface area contributed by atoms with Crippen molar-refractivity contribution in [1.29, 1.82) is 0 Å². The van der Waals surface area contributed by atoms with Gasteiger partial charge in [0.2, 0.25) is 11.8 Å². The van der Waals surface area contributed by atoms with E-state index in [1.165, 1.54) is 31.3 Å². The summed E-state index contributed by atoms with van der Waals surface area (Å²) in [6.45, 7) is 3.38. The number of likely N-dealkylation sites (N-methyl/N-ethyl adjacent to an activating group) is 1. The van der Waals surface area contributed by atoms with Gasteiger partial charge in [-0.2, -0.15) is 0 Å². The predicted octanol–water partition coefficient (Wildman–Crippen LogP) is 0.442. The minimum absolute atomic E-state index is 0.162. The highest BCUT2D eigenvalue weighted by molar-refractivity contribution is 5.98. The number of amides is 3. The summed E-state index contributed by atoms with van der Waals surface area (Å²) in [5, 5.41) is 7.43. The van der Waals surface area contributed by atoms with E-state index < -0.39 is 23.7 Å². The Morgan fingerprint density at radius 2 is 1.73 bits per heavy atom. The molecule has 0 saturated heterocycles. The lowest BCUT2D eigenvalue weighted by Gasteiger charge is -2.21. The van der Waals surface area contributed by atoms with Crippen LogP contribution in [0.1, 0.15) is 24.2 Å². The summed E-state index contributed by atoms with van der Waals surface area (Å²) in [6.07, 6.45) is 0.